The molecular formula is C18H24N4O. The number of nitrogens with one attached hydrogen (secondary N) is 1. The summed E-state index contributed by atoms with van der Waals surface area (Å²) in [5.74, 6) is 1.41. The molecule has 1 aromatic heterocycles. The van der Waals surface area contributed by atoms with Crippen molar-refractivity contribution >= 4 is 17.2 Å². The molecule has 0 radical (unpaired) electrons. The van der Waals surface area contributed by atoms with Crippen molar-refractivity contribution in [2.75, 3.05) is 30.4 Å². The summed E-state index contributed by atoms with van der Waals surface area (Å²) >= 11 is 0. The van der Waals surface area contributed by atoms with Crippen molar-refractivity contribution in [1.82, 2.24) is 4.98 Å². The monoisotopic (exact) mass is 312 g/mol. The molecule has 1 fully saturated rings. The van der Waals surface area contributed by atoms with Crippen LogP contribution in [0.25, 0.3) is 0 Å². The van der Waals surface area contributed by atoms with Crippen LogP contribution >= 0.6 is 0 Å². The van der Waals surface area contributed by atoms with Crippen LogP contribution in [-0.2, 0) is 6.54 Å². The van der Waals surface area contributed by atoms with Gasteiger partial charge in [0.15, 0.2) is 0 Å². The van der Waals surface area contributed by atoms with E-state index in [0.717, 1.165) is 35.7 Å². The minimum Gasteiger partial charge on any atom is -0.481 e. The van der Waals surface area contributed by atoms with Gasteiger partial charge in [0.25, 0.3) is 0 Å². The second-order valence-electron chi connectivity index (χ2n) is 5.89. The minimum absolute atomic E-state index is 0.534. The van der Waals surface area contributed by atoms with Gasteiger partial charge in [0.1, 0.15) is 5.82 Å². The number of nitrogens with zero attached hydrogens (tertiary/aromatic N) is 2. The zero-order valence-corrected chi connectivity index (χ0v) is 13.8. The summed E-state index contributed by atoms with van der Waals surface area (Å²) in [6.45, 7) is 4.80. The zero-order chi connectivity index (χ0) is 16.2. The molecule has 0 amide bonds. The minimum atomic E-state index is 0.534. The van der Waals surface area contributed by atoms with Gasteiger partial charge in [-0.3, -0.25) is 0 Å². The summed E-state index contributed by atoms with van der Waals surface area (Å²) in [4.78, 5) is 6.88. The van der Waals surface area contributed by atoms with E-state index in [9.17, 15) is 0 Å². The third kappa shape index (κ3) is 3.40. The molecule has 1 aliphatic heterocycles. The van der Waals surface area contributed by atoms with Crippen LogP contribution in [0.5, 0.6) is 5.88 Å². The third-order valence-electron chi connectivity index (χ3n) is 4.29. The lowest BCUT2D eigenvalue weighted by molar-refractivity contribution is 0.398. The number of methoxy groups -OCH3 is 1. The quantitative estimate of drug-likeness (QED) is 0.887. The Morgan fingerprint density at radius 2 is 2.00 bits per heavy atom. The Kier molecular flexibility index (Phi) is 4.67. The first kappa shape index (κ1) is 15.6. The van der Waals surface area contributed by atoms with Crippen LogP contribution in [-0.4, -0.2) is 25.2 Å². The summed E-state index contributed by atoms with van der Waals surface area (Å²) in [5, 5.41) is 3.37. The lowest BCUT2D eigenvalue weighted by Gasteiger charge is -2.22. The normalized spacial score (nSPS) is 14.1. The highest BCUT2D eigenvalue weighted by Crippen LogP contribution is 2.29. The van der Waals surface area contributed by atoms with Gasteiger partial charge in [0.2, 0.25) is 5.88 Å². The second-order valence-corrected chi connectivity index (χ2v) is 5.89. The Morgan fingerprint density at radius 3 is 2.70 bits per heavy atom. The number of aromatic nitrogens is 1. The number of hydrogen-bond donors (Lipinski definition) is 2. The summed E-state index contributed by atoms with van der Waals surface area (Å²) < 4.78 is 5.20. The number of ether oxygens (including phenoxy) is 1. The van der Waals surface area contributed by atoms with Crippen LogP contribution in [0, 0.1) is 6.92 Å². The highest BCUT2D eigenvalue weighted by Gasteiger charge is 2.15. The molecule has 0 atom stereocenters. The number of aryl methyl sites for hydroxylation is 1. The first-order valence-electron chi connectivity index (χ1n) is 8.08. The lowest BCUT2D eigenvalue weighted by atomic mass is 10.1. The van der Waals surface area contributed by atoms with Gasteiger partial charge in [0.05, 0.1) is 7.11 Å². The van der Waals surface area contributed by atoms with Crippen LogP contribution in [0.2, 0.25) is 0 Å². The first-order chi connectivity index (χ1) is 11.2. The van der Waals surface area contributed by atoms with Gasteiger partial charge in [-0.15, -0.1) is 0 Å². The molecule has 1 aliphatic rings. The van der Waals surface area contributed by atoms with Crippen LogP contribution < -0.4 is 20.7 Å². The molecular weight excluding hydrogens is 288 g/mol. The highest BCUT2D eigenvalue weighted by molar-refractivity contribution is 5.66. The Hall–Kier alpha value is -2.27. The molecule has 122 valence electrons. The second kappa shape index (κ2) is 6.87. The van der Waals surface area contributed by atoms with Crippen molar-refractivity contribution in [3.8, 4) is 5.88 Å². The van der Waals surface area contributed by atoms with E-state index in [0.29, 0.717) is 12.4 Å². The van der Waals surface area contributed by atoms with Crippen molar-refractivity contribution in [3.05, 3.63) is 41.5 Å². The standard InChI is InChI=1S/C18H24N4O/c1-13-5-8-17(23-2)21-18(13)20-15-6-7-16(14(11-15)12-19)22-9-3-4-10-22/h5-8,11H,3-4,9-10,12,19H2,1-2H3,(H,20,21). The average Bonchev–Trinajstić information content (AvgIpc) is 3.11. The molecule has 2 heterocycles. The fraction of sp³-hybridized carbons (Fsp3) is 0.389. The SMILES string of the molecule is COc1ccc(C)c(Nc2ccc(N3CCCC3)c(CN)c2)n1. The van der Waals surface area contributed by atoms with E-state index in [4.69, 9.17) is 10.5 Å². The summed E-state index contributed by atoms with van der Waals surface area (Å²) in [6, 6.07) is 10.2. The number of anilines is 3. The van der Waals surface area contributed by atoms with Crippen LogP contribution in [0.3, 0.4) is 0 Å². The van der Waals surface area contributed by atoms with E-state index in [1.54, 1.807) is 7.11 Å². The van der Waals surface area contributed by atoms with Gasteiger partial charge in [-0.1, -0.05) is 6.07 Å². The van der Waals surface area contributed by atoms with E-state index < -0.39 is 0 Å². The third-order valence-corrected chi connectivity index (χ3v) is 4.29. The number of rotatable bonds is 5. The molecule has 3 rings (SSSR count). The zero-order valence-electron chi connectivity index (χ0n) is 13.8. The molecule has 0 unspecified atom stereocenters. The molecule has 5 heteroatoms. The van der Waals surface area contributed by atoms with Crippen molar-refractivity contribution in [3.63, 3.8) is 0 Å². The van der Waals surface area contributed by atoms with Gasteiger partial charge in [-0.25, -0.2) is 0 Å². The van der Waals surface area contributed by atoms with Crippen molar-refractivity contribution < 1.29 is 4.74 Å². The largest absolute Gasteiger partial charge is 0.481 e. The van der Waals surface area contributed by atoms with E-state index in [2.05, 4.69) is 33.4 Å². The molecule has 5 nitrogen and oxygen atoms in total. The maximum atomic E-state index is 5.97. The Balaban J connectivity index is 1.86. The number of pyridine rings is 1. The fourth-order valence-electron chi connectivity index (χ4n) is 2.98. The van der Waals surface area contributed by atoms with Crippen LogP contribution in [0.15, 0.2) is 30.3 Å². The maximum Gasteiger partial charge on any atom is 0.214 e. The summed E-state index contributed by atoms with van der Waals surface area (Å²) in [6.07, 6.45) is 2.52. The molecule has 0 spiro atoms. The molecule has 1 saturated heterocycles. The molecule has 0 bridgehead atoms. The number of hydrogen-bond acceptors (Lipinski definition) is 5. The Bertz CT molecular complexity index is 681. The number of nitrogens with two attached hydrogens (primary N) is 1. The van der Waals surface area contributed by atoms with E-state index in [1.165, 1.54) is 18.5 Å². The Morgan fingerprint density at radius 1 is 1.22 bits per heavy atom. The molecule has 23 heavy (non-hydrogen) atoms. The topological polar surface area (TPSA) is 63.4 Å². The molecule has 2 aromatic rings. The first-order valence-corrected chi connectivity index (χ1v) is 8.08. The van der Waals surface area contributed by atoms with Gasteiger partial charge in [-0.2, -0.15) is 4.98 Å². The maximum absolute atomic E-state index is 5.97. The van der Waals surface area contributed by atoms with Gasteiger partial charge >= 0.3 is 0 Å². The molecule has 1 aromatic carbocycles. The molecule has 0 saturated carbocycles. The van der Waals surface area contributed by atoms with Crippen molar-refractivity contribution in [2.45, 2.75) is 26.3 Å². The van der Waals surface area contributed by atoms with E-state index >= 15 is 0 Å². The fourth-order valence-corrected chi connectivity index (χ4v) is 2.98. The predicted octanol–water partition coefficient (Wildman–Crippen LogP) is 3.20. The highest BCUT2D eigenvalue weighted by atomic mass is 16.5. The van der Waals surface area contributed by atoms with Crippen molar-refractivity contribution in [2.24, 2.45) is 5.73 Å². The molecule has 3 N–H and O–H groups in total. The van der Waals surface area contributed by atoms with E-state index in [-0.39, 0.29) is 0 Å². The summed E-state index contributed by atoms with van der Waals surface area (Å²) in [5.41, 5.74) is 10.5. The molecule has 0 aliphatic carbocycles. The van der Waals surface area contributed by atoms with E-state index in [1.807, 2.05) is 19.1 Å². The summed E-state index contributed by atoms with van der Waals surface area (Å²) in [7, 11) is 1.62. The average molecular weight is 312 g/mol. The smallest absolute Gasteiger partial charge is 0.214 e. The van der Waals surface area contributed by atoms with Gasteiger partial charge in [0, 0.05) is 37.1 Å². The van der Waals surface area contributed by atoms with Crippen LogP contribution in [0.1, 0.15) is 24.0 Å². The van der Waals surface area contributed by atoms with Gasteiger partial charge < -0.3 is 20.7 Å². The predicted molar refractivity (Wildman–Crippen MR) is 94.6 cm³/mol. The lowest BCUT2D eigenvalue weighted by Crippen LogP contribution is -2.20. The number of benzene rings is 1. The van der Waals surface area contributed by atoms with Crippen molar-refractivity contribution in [1.29, 1.82) is 0 Å². The Labute approximate surface area is 137 Å². The van der Waals surface area contributed by atoms with Crippen LogP contribution in [0.4, 0.5) is 17.2 Å². The van der Waals surface area contributed by atoms with Gasteiger partial charge in [-0.05, 0) is 49.1 Å².